The second-order valence-corrected chi connectivity index (χ2v) is 8.13. The number of imidazole rings is 1. The van der Waals surface area contributed by atoms with E-state index >= 15 is 0 Å². The van der Waals surface area contributed by atoms with Gasteiger partial charge < -0.3 is 14.8 Å². The molecule has 146 valence electrons. The number of hydrogen-bond acceptors (Lipinski definition) is 5. The van der Waals surface area contributed by atoms with Crippen molar-refractivity contribution in [1.29, 1.82) is 0 Å². The molecule has 0 fully saturated rings. The second-order valence-electron chi connectivity index (χ2n) is 6.26. The van der Waals surface area contributed by atoms with E-state index in [-0.39, 0.29) is 5.82 Å². The minimum absolute atomic E-state index is 0.295. The van der Waals surface area contributed by atoms with Crippen molar-refractivity contribution in [3.05, 3.63) is 46.7 Å². The first-order chi connectivity index (χ1) is 13.6. The van der Waals surface area contributed by atoms with Gasteiger partial charge in [-0.2, -0.15) is 0 Å². The normalized spacial score (nSPS) is 11.4. The molecular formula is C20H19BrFN3O2S. The van der Waals surface area contributed by atoms with Gasteiger partial charge in [0.25, 0.3) is 0 Å². The summed E-state index contributed by atoms with van der Waals surface area (Å²) < 4.78 is 27.8. The first kappa shape index (κ1) is 19.2. The lowest BCUT2D eigenvalue weighted by Crippen LogP contribution is -2.07. The minimum Gasteiger partial charge on any atom is -0.497 e. The van der Waals surface area contributed by atoms with Crippen LogP contribution in [0, 0.1) is 5.82 Å². The quantitative estimate of drug-likeness (QED) is 0.363. The molecule has 0 amide bonds. The van der Waals surface area contributed by atoms with E-state index in [1.54, 1.807) is 37.7 Å². The number of thiazole rings is 1. The second kappa shape index (κ2) is 8.06. The van der Waals surface area contributed by atoms with Crippen molar-refractivity contribution < 1.29 is 13.9 Å². The monoisotopic (exact) mass is 463 g/mol. The number of benzene rings is 2. The summed E-state index contributed by atoms with van der Waals surface area (Å²) in [6.07, 6.45) is 0.867. The summed E-state index contributed by atoms with van der Waals surface area (Å²) in [5, 5.41) is 3.50. The van der Waals surface area contributed by atoms with E-state index in [9.17, 15) is 4.39 Å². The van der Waals surface area contributed by atoms with Crippen LogP contribution in [0.4, 0.5) is 10.2 Å². The summed E-state index contributed by atoms with van der Waals surface area (Å²) in [7, 11) is 3.35. The number of aromatic nitrogens is 2. The van der Waals surface area contributed by atoms with Crippen LogP contribution < -0.4 is 10.1 Å². The van der Waals surface area contributed by atoms with E-state index in [0.29, 0.717) is 11.1 Å². The van der Waals surface area contributed by atoms with Crippen LogP contribution in [0.3, 0.4) is 0 Å². The minimum atomic E-state index is -0.295. The molecule has 0 bridgehead atoms. The van der Waals surface area contributed by atoms with Crippen LogP contribution in [0.15, 0.2) is 40.9 Å². The maximum Gasteiger partial charge on any atom is 0.197 e. The van der Waals surface area contributed by atoms with Gasteiger partial charge in [0.15, 0.2) is 4.96 Å². The predicted molar refractivity (Wildman–Crippen MR) is 115 cm³/mol. The molecule has 4 aromatic rings. The van der Waals surface area contributed by atoms with Crippen molar-refractivity contribution in [2.45, 2.75) is 6.42 Å². The standard InChI is InChI=1S/C20H19BrFN3O2S/c1-26-9-3-8-23-19-18(12-4-6-15(22)14(21)10-12)24-20-25(19)16-7-5-13(27-2)11-17(16)28-20/h4-7,10-11,23H,3,8-9H2,1-2H3. The van der Waals surface area contributed by atoms with Gasteiger partial charge in [0, 0.05) is 25.8 Å². The Morgan fingerprint density at radius 3 is 2.82 bits per heavy atom. The summed E-state index contributed by atoms with van der Waals surface area (Å²) in [5.74, 6) is 1.41. The zero-order valence-corrected chi connectivity index (χ0v) is 17.9. The summed E-state index contributed by atoms with van der Waals surface area (Å²) in [4.78, 5) is 5.72. The molecule has 2 heterocycles. The number of nitrogens with zero attached hydrogens (tertiary/aromatic N) is 2. The average molecular weight is 464 g/mol. The van der Waals surface area contributed by atoms with Crippen LogP contribution >= 0.6 is 27.3 Å². The molecule has 0 aliphatic rings. The molecule has 28 heavy (non-hydrogen) atoms. The van der Waals surface area contributed by atoms with Gasteiger partial charge in [0.05, 0.1) is 21.8 Å². The molecule has 0 spiro atoms. The Balaban J connectivity index is 1.86. The highest BCUT2D eigenvalue weighted by Gasteiger charge is 2.19. The Hall–Kier alpha value is -2.16. The number of methoxy groups -OCH3 is 2. The number of hydrogen-bond donors (Lipinski definition) is 1. The van der Waals surface area contributed by atoms with E-state index in [1.807, 2.05) is 18.2 Å². The molecule has 2 aromatic heterocycles. The molecule has 0 aliphatic heterocycles. The lowest BCUT2D eigenvalue weighted by atomic mass is 10.1. The Kier molecular flexibility index (Phi) is 5.52. The molecule has 0 atom stereocenters. The Bertz CT molecular complexity index is 1140. The van der Waals surface area contributed by atoms with Crippen LogP contribution in [-0.4, -0.2) is 36.8 Å². The molecular weight excluding hydrogens is 445 g/mol. The van der Waals surface area contributed by atoms with Gasteiger partial charge in [-0.1, -0.05) is 11.3 Å². The van der Waals surface area contributed by atoms with Crippen molar-refractivity contribution >= 4 is 48.3 Å². The van der Waals surface area contributed by atoms with Crippen LogP contribution in [0.5, 0.6) is 5.75 Å². The average Bonchev–Trinajstić information content (AvgIpc) is 3.23. The smallest absolute Gasteiger partial charge is 0.197 e. The summed E-state index contributed by atoms with van der Waals surface area (Å²) in [6, 6.07) is 10.9. The summed E-state index contributed by atoms with van der Waals surface area (Å²) in [6.45, 7) is 1.42. The van der Waals surface area contributed by atoms with Gasteiger partial charge in [-0.25, -0.2) is 9.37 Å². The van der Waals surface area contributed by atoms with E-state index < -0.39 is 0 Å². The number of nitrogens with one attached hydrogen (secondary N) is 1. The summed E-state index contributed by atoms with van der Waals surface area (Å²) in [5.41, 5.74) is 2.69. The van der Waals surface area contributed by atoms with Gasteiger partial charge in [-0.15, -0.1) is 0 Å². The predicted octanol–water partition coefficient (Wildman–Crippen LogP) is 5.57. The maximum absolute atomic E-state index is 13.7. The van der Waals surface area contributed by atoms with Gasteiger partial charge in [-0.05, 0) is 58.7 Å². The lowest BCUT2D eigenvalue weighted by Gasteiger charge is -2.09. The van der Waals surface area contributed by atoms with Crippen LogP contribution in [0.1, 0.15) is 6.42 Å². The third kappa shape index (κ3) is 3.47. The Morgan fingerprint density at radius 2 is 2.07 bits per heavy atom. The number of ether oxygens (including phenoxy) is 2. The number of anilines is 1. The SMILES string of the molecule is COCCCNc1c(-c2ccc(F)c(Br)c2)nc2sc3cc(OC)ccc3n12. The number of fused-ring (bicyclic) bond motifs is 3. The van der Waals surface area contributed by atoms with Gasteiger partial charge >= 0.3 is 0 Å². The van der Waals surface area contributed by atoms with Crippen LogP contribution in [0.25, 0.3) is 26.4 Å². The first-order valence-electron chi connectivity index (χ1n) is 8.79. The molecule has 5 nitrogen and oxygen atoms in total. The van der Waals surface area contributed by atoms with E-state index in [0.717, 1.165) is 51.0 Å². The molecule has 0 saturated heterocycles. The number of rotatable bonds is 7. The zero-order valence-electron chi connectivity index (χ0n) is 15.5. The molecule has 1 N–H and O–H groups in total. The molecule has 0 radical (unpaired) electrons. The third-order valence-corrected chi connectivity index (χ3v) is 6.08. The molecule has 0 aliphatic carbocycles. The van der Waals surface area contributed by atoms with Crippen molar-refractivity contribution in [3.63, 3.8) is 0 Å². The molecule has 2 aromatic carbocycles. The molecule has 0 unspecified atom stereocenters. The van der Waals surface area contributed by atoms with E-state index in [1.165, 1.54) is 6.07 Å². The van der Waals surface area contributed by atoms with Crippen LogP contribution in [0.2, 0.25) is 0 Å². The fourth-order valence-corrected chi connectivity index (χ4v) is 4.54. The highest BCUT2D eigenvalue weighted by Crippen LogP contribution is 2.38. The maximum atomic E-state index is 13.7. The van der Waals surface area contributed by atoms with Crippen molar-refractivity contribution in [1.82, 2.24) is 9.38 Å². The molecule has 0 saturated carbocycles. The molecule has 4 rings (SSSR count). The van der Waals surface area contributed by atoms with Crippen molar-refractivity contribution in [2.24, 2.45) is 0 Å². The van der Waals surface area contributed by atoms with Gasteiger partial charge in [-0.3, -0.25) is 4.40 Å². The van der Waals surface area contributed by atoms with Crippen molar-refractivity contribution in [2.75, 3.05) is 32.7 Å². The number of halogens is 2. The lowest BCUT2D eigenvalue weighted by molar-refractivity contribution is 0.198. The zero-order chi connectivity index (χ0) is 19.7. The highest BCUT2D eigenvalue weighted by atomic mass is 79.9. The first-order valence-corrected chi connectivity index (χ1v) is 10.4. The largest absolute Gasteiger partial charge is 0.497 e. The Labute approximate surface area is 174 Å². The fourth-order valence-electron chi connectivity index (χ4n) is 3.11. The van der Waals surface area contributed by atoms with E-state index in [4.69, 9.17) is 14.5 Å². The summed E-state index contributed by atoms with van der Waals surface area (Å²) >= 11 is 4.87. The van der Waals surface area contributed by atoms with Crippen LogP contribution in [-0.2, 0) is 4.74 Å². The van der Waals surface area contributed by atoms with E-state index in [2.05, 4.69) is 25.6 Å². The molecule has 8 heteroatoms. The highest BCUT2D eigenvalue weighted by molar-refractivity contribution is 9.10. The third-order valence-electron chi connectivity index (χ3n) is 4.47. The van der Waals surface area contributed by atoms with Gasteiger partial charge in [0.2, 0.25) is 0 Å². The topological polar surface area (TPSA) is 47.8 Å². The fraction of sp³-hybridized carbons (Fsp3) is 0.250. The Morgan fingerprint density at radius 1 is 1.21 bits per heavy atom. The van der Waals surface area contributed by atoms with Crippen molar-refractivity contribution in [3.8, 4) is 17.0 Å². The van der Waals surface area contributed by atoms with Gasteiger partial charge in [0.1, 0.15) is 23.1 Å².